The van der Waals surface area contributed by atoms with Gasteiger partial charge in [-0.3, -0.25) is 9.78 Å². The summed E-state index contributed by atoms with van der Waals surface area (Å²) in [6.07, 6.45) is 5.64. The molecule has 0 aromatic carbocycles. The highest BCUT2D eigenvalue weighted by Gasteiger charge is 2.50. The average Bonchev–Trinajstić information content (AvgIpc) is 3.22. The fraction of sp³-hybridized carbons (Fsp3) is 0.538. The van der Waals surface area contributed by atoms with Gasteiger partial charge in [-0.05, 0) is 37.8 Å². The molecule has 0 atom stereocenters. The molecule has 4 nitrogen and oxygen atoms in total. The zero-order chi connectivity index (χ0) is 11.9. The highest BCUT2D eigenvalue weighted by molar-refractivity contribution is 5.89. The van der Waals surface area contributed by atoms with Crippen LogP contribution in [0.3, 0.4) is 0 Å². The van der Waals surface area contributed by atoms with E-state index in [-0.39, 0.29) is 5.91 Å². The van der Waals surface area contributed by atoms with Crippen molar-refractivity contribution < 1.29 is 4.79 Å². The molecule has 0 aliphatic heterocycles. The van der Waals surface area contributed by atoms with Gasteiger partial charge in [0.15, 0.2) is 0 Å². The van der Waals surface area contributed by atoms with Gasteiger partial charge in [0.05, 0.1) is 17.8 Å². The number of aromatic nitrogens is 1. The smallest absolute Gasteiger partial charge is 0.243 e. The molecule has 2 saturated carbocycles. The quantitative estimate of drug-likeness (QED) is 0.843. The number of nitrogens with two attached hydrogens (primary N) is 1. The van der Waals surface area contributed by atoms with Crippen LogP contribution in [-0.4, -0.2) is 27.4 Å². The molecule has 1 heterocycles. The molecule has 0 spiro atoms. The first-order valence-corrected chi connectivity index (χ1v) is 6.19. The maximum absolute atomic E-state index is 12.3. The van der Waals surface area contributed by atoms with E-state index in [1.165, 1.54) is 0 Å². The van der Waals surface area contributed by atoms with Crippen LogP contribution < -0.4 is 5.73 Å². The lowest BCUT2D eigenvalue weighted by Gasteiger charge is -2.25. The molecular weight excluding hydrogens is 214 g/mol. The molecule has 4 heteroatoms. The van der Waals surface area contributed by atoms with Crippen LogP contribution in [0, 0.1) is 0 Å². The van der Waals surface area contributed by atoms with Crippen molar-refractivity contribution in [2.45, 2.75) is 43.8 Å². The van der Waals surface area contributed by atoms with Gasteiger partial charge in [0.1, 0.15) is 0 Å². The van der Waals surface area contributed by atoms with Gasteiger partial charge in [0.25, 0.3) is 0 Å². The van der Waals surface area contributed by atoms with Gasteiger partial charge in [-0.2, -0.15) is 0 Å². The molecule has 2 aliphatic rings. The number of carbonyl (C=O) groups excluding carboxylic acids is 1. The highest BCUT2D eigenvalue weighted by atomic mass is 16.2. The largest absolute Gasteiger partial charge is 0.332 e. The Morgan fingerprint density at radius 3 is 2.76 bits per heavy atom. The minimum absolute atomic E-state index is 0.116. The second-order valence-corrected chi connectivity index (χ2v) is 5.14. The number of amides is 1. The first-order chi connectivity index (χ1) is 8.19. The average molecular weight is 231 g/mol. The molecule has 0 saturated heterocycles. The summed E-state index contributed by atoms with van der Waals surface area (Å²) in [4.78, 5) is 18.5. The van der Waals surface area contributed by atoms with Gasteiger partial charge in [-0.15, -0.1) is 0 Å². The lowest BCUT2D eigenvalue weighted by Crippen LogP contribution is -2.46. The predicted octanol–water partition coefficient (Wildman–Crippen LogP) is 1.06. The van der Waals surface area contributed by atoms with Gasteiger partial charge in [0.2, 0.25) is 5.91 Å². The summed E-state index contributed by atoms with van der Waals surface area (Å²) in [5.74, 6) is 0.116. The van der Waals surface area contributed by atoms with E-state index < -0.39 is 5.54 Å². The lowest BCUT2D eigenvalue weighted by atomic mass is 10.2. The third-order valence-electron chi connectivity index (χ3n) is 3.52. The maximum atomic E-state index is 12.3. The molecule has 2 fully saturated rings. The number of pyridine rings is 1. The standard InChI is InChI=1S/C13H17N3O/c14-13(6-7-13)12(17)16(11-4-5-11)9-10-3-1-2-8-15-10/h1-3,8,11H,4-7,9,14H2. The number of hydrogen-bond donors (Lipinski definition) is 1. The van der Waals surface area contributed by atoms with Crippen LogP contribution in [0.4, 0.5) is 0 Å². The predicted molar refractivity (Wildman–Crippen MR) is 64.0 cm³/mol. The summed E-state index contributed by atoms with van der Waals surface area (Å²) in [5, 5.41) is 0. The second-order valence-electron chi connectivity index (χ2n) is 5.14. The Balaban J connectivity index is 1.74. The Hall–Kier alpha value is -1.42. The fourth-order valence-corrected chi connectivity index (χ4v) is 2.05. The molecule has 0 unspecified atom stereocenters. The molecule has 1 amide bonds. The van der Waals surface area contributed by atoms with Gasteiger partial charge in [-0.1, -0.05) is 6.07 Å². The van der Waals surface area contributed by atoms with E-state index in [2.05, 4.69) is 4.98 Å². The Morgan fingerprint density at radius 2 is 2.24 bits per heavy atom. The molecule has 2 N–H and O–H groups in total. The number of hydrogen-bond acceptors (Lipinski definition) is 3. The maximum Gasteiger partial charge on any atom is 0.243 e. The Kier molecular flexibility index (Phi) is 2.40. The van der Waals surface area contributed by atoms with E-state index in [1.54, 1.807) is 6.20 Å². The molecule has 1 aromatic heterocycles. The summed E-state index contributed by atoms with van der Waals surface area (Å²) < 4.78 is 0. The van der Waals surface area contributed by atoms with Gasteiger partial charge >= 0.3 is 0 Å². The molecule has 90 valence electrons. The molecular formula is C13H17N3O. The van der Waals surface area contributed by atoms with Crippen LogP contribution in [0.1, 0.15) is 31.4 Å². The van der Waals surface area contributed by atoms with Crippen LogP contribution in [0.5, 0.6) is 0 Å². The van der Waals surface area contributed by atoms with Gasteiger partial charge < -0.3 is 10.6 Å². The van der Waals surface area contributed by atoms with Crippen LogP contribution in [-0.2, 0) is 11.3 Å². The third kappa shape index (κ3) is 2.17. The molecule has 1 aromatic rings. The Morgan fingerprint density at radius 1 is 1.47 bits per heavy atom. The fourth-order valence-electron chi connectivity index (χ4n) is 2.05. The number of nitrogens with zero attached hydrogens (tertiary/aromatic N) is 2. The first-order valence-electron chi connectivity index (χ1n) is 6.19. The van der Waals surface area contributed by atoms with E-state index in [0.717, 1.165) is 31.4 Å². The van der Waals surface area contributed by atoms with E-state index in [9.17, 15) is 4.79 Å². The normalized spacial score (nSPS) is 21.0. The monoisotopic (exact) mass is 231 g/mol. The van der Waals surface area contributed by atoms with Gasteiger partial charge in [-0.25, -0.2) is 0 Å². The van der Waals surface area contributed by atoms with E-state index in [1.807, 2.05) is 23.1 Å². The van der Waals surface area contributed by atoms with Crippen LogP contribution in [0.25, 0.3) is 0 Å². The highest BCUT2D eigenvalue weighted by Crippen LogP contribution is 2.38. The summed E-state index contributed by atoms with van der Waals surface area (Å²) in [7, 11) is 0. The molecule has 2 aliphatic carbocycles. The SMILES string of the molecule is NC1(C(=O)N(Cc2ccccn2)C2CC2)CC1. The summed E-state index contributed by atoms with van der Waals surface area (Å²) in [5.41, 5.74) is 6.38. The third-order valence-corrected chi connectivity index (χ3v) is 3.52. The van der Waals surface area contributed by atoms with Crippen molar-refractivity contribution in [2.24, 2.45) is 5.73 Å². The van der Waals surface area contributed by atoms with Crippen molar-refractivity contribution in [2.75, 3.05) is 0 Å². The Labute approximate surface area is 101 Å². The van der Waals surface area contributed by atoms with Gasteiger partial charge in [0, 0.05) is 12.2 Å². The topological polar surface area (TPSA) is 59.2 Å². The summed E-state index contributed by atoms with van der Waals surface area (Å²) in [6.45, 7) is 0.600. The summed E-state index contributed by atoms with van der Waals surface area (Å²) >= 11 is 0. The molecule has 0 bridgehead atoms. The van der Waals surface area contributed by atoms with Crippen LogP contribution in [0.15, 0.2) is 24.4 Å². The van der Waals surface area contributed by atoms with E-state index in [4.69, 9.17) is 5.73 Å². The van der Waals surface area contributed by atoms with Crippen LogP contribution in [0.2, 0.25) is 0 Å². The van der Waals surface area contributed by atoms with Crippen molar-refractivity contribution in [1.82, 2.24) is 9.88 Å². The lowest BCUT2D eigenvalue weighted by molar-refractivity contribution is -0.134. The van der Waals surface area contributed by atoms with Crippen LogP contribution >= 0.6 is 0 Å². The number of carbonyl (C=O) groups is 1. The summed E-state index contributed by atoms with van der Waals surface area (Å²) in [6, 6.07) is 6.19. The first kappa shape index (κ1) is 10.7. The van der Waals surface area contributed by atoms with E-state index in [0.29, 0.717) is 12.6 Å². The zero-order valence-corrected chi connectivity index (χ0v) is 9.80. The van der Waals surface area contributed by atoms with Crippen molar-refractivity contribution in [3.63, 3.8) is 0 Å². The molecule has 0 radical (unpaired) electrons. The van der Waals surface area contributed by atoms with E-state index >= 15 is 0 Å². The number of rotatable bonds is 4. The minimum atomic E-state index is -0.558. The van der Waals surface area contributed by atoms with Crippen molar-refractivity contribution >= 4 is 5.91 Å². The molecule has 3 rings (SSSR count). The second kappa shape index (κ2) is 3.81. The van der Waals surface area contributed by atoms with Crippen molar-refractivity contribution in [1.29, 1.82) is 0 Å². The minimum Gasteiger partial charge on any atom is -0.332 e. The van der Waals surface area contributed by atoms with Crippen molar-refractivity contribution in [3.05, 3.63) is 30.1 Å². The zero-order valence-electron chi connectivity index (χ0n) is 9.80. The Bertz CT molecular complexity index is 424. The van der Waals surface area contributed by atoms with Crippen molar-refractivity contribution in [3.8, 4) is 0 Å². The molecule has 17 heavy (non-hydrogen) atoms.